The van der Waals surface area contributed by atoms with Crippen LogP contribution < -0.4 is 4.72 Å². The zero-order valence-electron chi connectivity index (χ0n) is 10.7. The standard InChI is InChI=1S/C13H19NO3S/c1-9-8-13(15)10(2)7-12(9)14-18(16,17)11-5-3-4-6-11/h7-8,11,14-15H,3-6H2,1-2H3. The summed E-state index contributed by atoms with van der Waals surface area (Å²) >= 11 is 0. The topological polar surface area (TPSA) is 66.4 Å². The average molecular weight is 269 g/mol. The number of sulfonamides is 1. The summed E-state index contributed by atoms with van der Waals surface area (Å²) in [5, 5.41) is 9.28. The second kappa shape index (κ2) is 4.80. The van der Waals surface area contributed by atoms with Crippen molar-refractivity contribution in [3.8, 4) is 5.75 Å². The minimum absolute atomic E-state index is 0.191. The van der Waals surface area contributed by atoms with E-state index < -0.39 is 10.0 Å². The predicted octanol–water partition coefficient (Wildman–Crippen LogP) is 2.69. The fraction of sp³-hybridized carbons (Fsp3) is 0.538. The molecule has 0 aromatic heterocycles. The Labute approximate surface area is 108 Å². The third-order valence-corrected chi connectivity index (χ3v) is 5.39. The van der Waals surface area contributed by atoms with Crippen molar-refractivity contribution in [2.24, 2.45) is 0 Å². The molecule has 0 unspecified atom stereocenters. The molecule has 0 bridgehead atoms. The lowest BCUT2D eigenvalue weighted by atomic mass is 10.1. The van der Waals surface area contributed by atoms with Crippen molar-refractivity contribution in [1.29, 1.82) is 0 Å². The molecule has 2 rings (SSSR count). The molecular weight excluding hydrogens is 250 g/mol. The fourth-order valence-electron chi connectivity index (χ4n) is 2.35. The van der Waals surface area contributed by atoms with Crippen LogP contribution in [0, 0.1) is 13.8 Å². The minimum Gasteiger partial charge on any atom is -0.508 e. The molecule has 0 radical (unpaired) electrons. The maximum absolute atomic E-state index is 12.2. The van der Waals surface area contributed by atoms with Crippen LogP contribution in [0.3, 0.4) is 0 Å². The molecule has 0 atom stereocenters. The number of benzene rings is 1. The Morgan fingerprint density at radius 2 is 1.78 bits per heavy atom. The Hall–Kier alpha value is -1.23. The van der Waals surface area contributed by atoms with Gasteiger partial charge in [-0.05, 0) is 49.9 Å². The summed E-state index contributed by atoms with van der Waals surface area (Å²) in [6, 6.07) is 3.26. The third kappa shape index (κ3) is 2.61. The van der Waals surface area contributed by atoms with Crippen LogP contribution in [-0.2, 0) is 10.0 Å². The summed E-state index contributed by atoms with van der Waals surface area (Å²) in [5.41, 5.74) is 1.97. The third-order valence-electron chi connectivity index (χ3n) is 3.54. The van der Waals surface area contributed by atoms with Gasteiger partial charge in [-0.25, -0.2) is 8.42 Å². The molecule has 18 heavy (non-hydrogen) atoms. The Bertz CT molecular complexity index is 546. The molecule has 0 saturated heterocycles. The number of anilines is 1. The Morgan fingerprint density at radius 3 is 2.39 bits per heavy atom. The van der Waals surface area contributed by atoms with Gasteiger partial charge in [-0.15, -0.1) is 0 Å². The van der Waals surface area contributed by atoms with Gasteiger partial charge < -0.3 is 5.11 Å². The number of phenols is 1. The largest absolute Gasteiger partial charge is 0.508 e. The van der Waals surface area contributed by atoms with Crippen molar-refractivity contribution in [3.05, 3.63) is 23.3 Å². The maximum Gasteiger partial charge on any atom is 0.235 e. The number of rotatable bonds is 3. The second-order valence-electron chi connectivity index (χ2n) is 5.01. The van der Waals surface area contributed by atoms with Crippen molar-refractivity contribution < 1.29 is 13.5 Å². The lowest BCUT2D eigenvalue weighted by molar-refractivity contribution is 0.471. The van der Waals surface area contributed by atoms with Crippen LogP contribution in [0.4, 0.5) is 5.69 Å². The first-order valence-electron chi connectivity index (χ1n) is 6.22. The zero-order valence-corrected chi connectivity index (χ0v) is 11.5. The number of hydrogen-bond donors (Lipinski definition) is 2. The van der Waals surface area contributed by atoms with E-state index in [-0.39, 0.29) is 11.0 Å². The van der Waals surface area contributed by atoms with Gasteiger partial charge in [0.05, 0.1) is 10.9 Å². The van der Waals surface area contributed by atoms with E-state index in [1.807, 2.05) is 0 Å². The molecule has 1 fully saturated rings. The molecule has 1 aliphatic rings. The molecule has 100 valence electrons. The normalized spacial score (nSPS) is 17.0. The van der Waals surface area contributed by atoms with Crippen LogP contribution in [0.25, 0.3) is 0 Å². The summed E-state index contributed by atoms with van der Waals surface area (Å²) in [5.74, 6) is 0.191. The van der Waals surface area contributed by atoms with Gasteiger partial charge in [-0.3, -0.25) is 4.72 Å². The number of nitrogens with one attached hydrogen (secondary N) is 1. The molecule has 1 saturated carbocycles. The van der Waals surface area contributed by atoms with E-state index in [1.54, 1.807) is 26.0 Å². The molecule has 2 N–H and O–H groups in total. The van der Waals surface area contributed by atoms with E-state index in [1.165, 1.54) is 0 Å². The van der Waals surface area contributed by atoms with Crippen molar-refractivity contribution in [1.82, 2.24) is 0 Å². The summed E-state index contributed by atoms with van der Waals surface area (Å²) in [6.45, 7) is 3.54. The van der Waals surface area contributed by atoms with Crippen LogP contribution >= 0.6 is 0 Å². The minimum atomic E-state index is -3.30. The first-order valence-corrected chi connectivity index (χ1v) is 7.76. The first kappa shape index (κ1) is 13.2. The lowest BCUT2D eigenvalue weighted by Crippen LogP contribution is -2.25. The monoisotopic (exact) mass is 269 g/mol. The van der Waals surface area contributed by atoms with Gasteiger partial charge in [0.1, 0.15) is 5.75 Å². The van der Waals surface area contributed by atoms with Crippen molar-refractivity contribution in [2.75, 3.05) is 4.72 Å². The highest BCUT2D eigenvalue weighted by Crippen LogP contribution is 2.29. The molecule has 1 aromatic rings. The van der Waals surface area contributed by atoms with Crippen LogP contribution in [-0.4, -0.2) is 18.8 Å². The van der Waals surface area contributed by atoms with E-state index in [4.69, 9.17) is 0 Å². The highest BCUT2D eigenvalue weighted by molar-refractivity contribution is 7.93. The SMILES string of the molecule is Cc1cc(NS(=O)(=O)C2CCCC2)c(C)cc1O. The van der Waals surface area contributed by atoms with Crippen LogP contribution in [0.2, 0.25) is 0 Å². The molecule has 1 aliphatic carbocycles. The van der Waals surface area contributed by atoms with Crippen molar-refractivity contribution >= 4 is 15.7 Å². The molecule has 0 spiro atoms. The molecule has 0 heterocycles. The van der Waals surface area contributed by atoms with Gasteiger partial charge in [-0.1, -0.05) is 12.8 Å². The summed E-state index contributed by atoms with van der Waals surface area (Å²) in [7, 11) is -3.30. The van der Waals surface area contributed by atoms with Gasteiger partial charge in [-0.2, -0.15) is 0 Å². The summed E-state index contributed by atoms with van der Waals surface area (Å²) < 4.78 is 27.0. The average Bonchev–Trinajstić information content (AvgIpc) is 2.79. The number of hydrogen-bond acceptors (Lipinski definition) is 3. The summed E-state index contributed by atoms with van der Waals surface area (Å²) in [6.07, 6.45) is 3.45. The number of phenolic OH excluding ortho intramolecular Hbond substituents is 1. The number of aryl methyl sites for hydroxylation is 2. The molecule has 5 heteroatoms. The zero-order chi connectivity index (χ0) is 13.3. The number of aromatic hydroxyl groups is 1. The fourth-order valence-corrected chi connectivity index (χ4v) is 3.99. The van der Waals surface area contributed by atoms with Gasteiger partial charge in [0.2, 0.25) is 10.0 Å². The molecule has 0 amide bonds. The van der Waals surface area contributed by atoms with Crippen LogP contribution in [0.5, 0.6) is 5.75 Å². The Kier molecular flexibility index (Phi) is 3.52. The van der Waals surface area contributed by atoms with Gasteiger partial charge in [0.25, 0.3) is 0 Å². The van der Waals surface area contributed by atoms with E-state index in [0.717, 1.165) is 31.2 Å². The quantitative estimate of drug-likeness (QED) is 0.829. The molecule has 1 aromatic carbocycles. The van der Waals surface area contributed by atoms with E-state index in [9.17, 15) is 13.5 Å². The van der Waals surface area contributed by atoms with E-state index in [0.29, 0.717) is 11.3 Å². The second-order valence-corrected chi connectivity index (χ2v) is 6.97. The molecular formula is C13H19NO3S. The maximum atomic E-state index is 12.2. The van der Waals surface area contributed by atoms with Gasteiger partial charge in [0, 0.05) is 0 Å². The smallest absolute Gasteiger partial charge is 0.235 e. The van der Waals surface area contributed by atoms with Crippen LogP contribution in [0.15, 0.2) is 12.1 Å². The Morgan fingerprint density at radius 1 is 1.17 bits per heavy atom. The van der Waals surface area contributed by atoms with Gasteiger partial charge in [0.15, 0.2) is 0 Å². The Balaban J connectivity index is 2.26. The highest BCUT2D eigenvalue weighted by Gasteiger charge is 2.29. The molecule has 0 aliphatic heterocycles. The lowest BCUT2D eigenvalue weighted by Gasteiger charge is -2.16. The van der Waals surface area contributed by atoms with E-state index >= 15 is 0 Å². The van der Waals surface area contributed by atoms with Crippen molar-refractivity contribution in [2.45, 2.75) is 44.8 Å². The highest BCUT2D eigenvalue weighted by atomic mass is 32.2. The van der Waals surface area contributed by atoms with Crippen LogP contribution in [0.1, 0.15) is 36.8 Å². The van der Waals surface area contributed by atoms with Crippen molar-refractivity contribution in [3.63, 3.8) is 0 Å². The summed E-state index contributed by atoms with van der Waals surface area (Å²) in [4.78, 5) is 0. The molecule has 4 nitrogen and oxygen atoms in total. The van der Waals surface area contributed by atoms with E-state index in [2.05, 4.69) is 4.72 Å². The predicted molar refractivity (Wildman–Crippen MR) is 72.4 cm³/mol. The first-order chi connectivity index (χ1) is 8.40. The van der Waals surface area contributed by atoms with Gasteiger partial charge >= 0.3 is 0 Å².